The van der Waals surface area contributed by atoms with Crippen LogP contribution < -0.4 is 16.0 Å². The third kappa shape index (κ3) is 4.44. The second-order valence-corrected chi connectivity index (χ2v) is 7.43. The van der Waals surface area contributed by atoms with Crippen LogP contribution >= 0.6 is 24.8 Å². The van der Waals surface area contributed by atoms with Crippen molar-refractivity contribution in [2.75, 3.05) is 18.5 Å². The van der Waals surface area contributed by atoms with E-state index in [0.29, 0.717) is 29.3 Å². The number of hydrogen-bond acceptors (Lipinski definition) is 6. The van der Waals surface area contributed by atoms with Gasteiger partial charge in [-0.1, -0.05) is 6.42 Å². The Kier molecular flexibility index (Phi) is 7.25. The number of likely N-dealkylation sites (N-methyl/N-ethyl adjacent to an activating group) is 1. The van der Waals surface area contributed by atoms with Crippen LogP contribution in [0.15, 0.2) is 12.7 Å². The Hall–Kier alpha value is -1.64. The number of H-pyrrole nitrogens is 1. The van der Waals surface area contributed by atoms with Gasteiger partial charge >= 0.3 is 0 Å². The Morgan fingerprint density at radius 3 is 2.67 bits per heavy atom. The molecule has 2 heterocycles. The van der Waals surface area contributed by atoms with E-state index in [1.807, 2.05) is 11.9 Å². The molecule has 0 spiro atoms. The van der Waals surface area contributed by atoms with Gasteiger partial charge in [0, 0.05) is 19.1 Å². The van der Waals surface area contributed by atoms with Gasteiger partial charge in [0.25, 0.3) is 0 Å². The fraction of sp³-hybridized carbons (Fsp3) is 0.647. The molecule has 2 aromatic rings. The van der Waals surface area contributed by atoms with E-state index in [4.69, 9.17) is 5.73 Å². The van der Waals surface area contributed by atoms with E-state index in [-0.39, 0.29) is 43.3 Å². The zero-order valence-corrected chi connectivity index (χ0v) is 16.9. The SMILES string of the molecule is CN(CC(=O)NC1C2CCCC1CC(N)C2)c1ncnc2nc[nH]c12.Cl.Cl. The molecule has 2 atom stereocenters. The number of aromatic amines is 1. The number of halogens is 2. The largest absolute Gasteiger partial charge is 0.351 e. The molecule has 4 rings (SSSR count). The zero-order chi connectivity index (χ0) is 17.4. The maximum absolute atomic E-state index is 12.6. The Morgan fingerprint density at radius 1 is 1.26 bits per heavy atom. The van der Waals surface area contributed by atoms with Crippen LogP contribution in [-0.4, -0.2) is 51.5 Å². The fourth-order valence-electron chi connectivity index (χ4n) is 4.59. The molecule has 150 valence electrons. The quantitative estimate of drug-likeness (QED) is 0.699. The minimum Gasteiger partial charge on any atom is -0.351 e. The molecule has 8 nitrogen and oxygen atoms in total. The number of aromatic nitrogens is 4. The second kappa shape index (κ2) is 9.03. The number of nitrogens with two attached hydrogens (primary N) is 1. The standard InChI is InChI=1S/C17H25N7O.2ClH/c1-24(17-15-16(20-8-19-15)21-9-22-17)7-13(25)23-14-10-3-2-4-11(14)6-12(18)5-10;;/h8-12,14H,2-7,18H2,1H3,(H,23,25)(H,19,20,21,22);2*1H. The van der Waals surface area contributed by atoms with Crippen molar-refractivity contribution in [1.29, 1.82) is 0 Å². The number of carbonyl (C=O) groups is 1. The number of amides is 1. The van der Waals surface area contributed by atoms with Crippen LogP contribution in [0, 0.1) is 11.8 Å². The first-order chi connectivity index (χ1) is 12.1. The molecule has 2 fully saturated rings. The summed E-state index contributed by atoms with van der Waals surface area (Å²) in [5.74, 6) is 1.76. The maximum Gasteiger partial charge on any atom is 0.239 e. The number of nitrogens with one attached hydrogen (secondary N) is 2. The van der Waals surface area contributed by atoms with Gasteiger partial charge in [0.15, 0.2) is 11.5 Å². The molecule has 2 bridgehead atoms. The monoisotopic (exact) mass is 415 g/mol. The van der Waals surface area contributed by atoms with Crippen molar-refractivity contribution in [3.05, 3.63) is 12.7 Å². The number of hydrogen-bond donors (Lipinski definition) is 3. The number of carbonyl (C=O) groups excluding carboxylic acids is 1. The first-order valence-corrected chi connectivity index (χ1v) is 9.02. The highest BCUT2D eigenvalue weighted by atomic mass is 35.5. The lowest BCUT2D eigenvalue weighted by molar-refractivity contribution is -0.122. The summed E-state index contributed by atoms with van der Waals surface area (Å²) in [4.78, 5) is 30.0. The van der Waals surface area contributed by atoms with Gasteiger partial charge < -0.3 is 20.9 Å². The molecule has 0 radical (unpaired) electrons. The Bertz CT molecular complexity index is 757. The molecular weight excluding hydrogens is 389 g/mol. The summed E-state index contributed by atoms with van der Waals surface area (Å²) in [6, 6.07) is 0.563. The van der Waals surface area contributed by atoms with Crippen molar-refractivity contribution < 1.29 is 4.79 Å². The Morgan fingerprint density at radius 2 is 1.96 bits per heavy atom. The molecule has 0 aliphatic heterocycles. The van der Waals surface area contributed by atoms with Crippen LogP contribution in [0.5, 0.6) is 0 Å². The van der Waals surface area contributed by atoms with E-state index in [1.54, 1.807) is 6.33 Å². The molecule has 10 heteroatoms. The number of rotatable bonds is 4. The van der Waals surface area contributed by atoms with Crippen molar-refractivity contribution in [2.45, 2.75) is 44.2 Å². The summed E-state index contributed by atoms with van der Waals surface area (Å²) in [5.41, 5.74) is 7.53. The van der Waals surface area contributed by atoms with Crippen LogP contribution in [0.4, 0.5) is 5.82 Å². The number of fused-ring (bicyclic) bond motifs is 3. The summed E-state index contributed by atoms with van der Waals surface area (Å²) >= 11 is 0. The van der Waals surface area contributed by atoms with Gasteiger partial charge in [-0.05, 0) is 37.5 Å². The number of imidazole rings is 1. The molecule has 0 saturated heterocycles. The molecule has 2 aliphatic rings. The normalized spacial score (nSPS) is 26.6. The summed E-state index contributed by atoms with van der Waals surface area (Å²) < 4.78 is 0. The smallest absolute Gasteiger partial charge is 0.239 e. The van der Waals surface area contributed by atoms with Crippen molar-refractivity contribution in [3.8, 4) is 0 Å². The maximum atomic E-state index is 12.6. The van der Waals surface area contributed by atoms with Crippen molar-refractivity contribution in [3.63, 3.8) is 0 Å². The van der Waals surface area contributed by atoms with Crippen LogP contribution in [0.1, 0.15) is 32.1 Å². The van der Waals surface area contributed by atoms with E-state index in [9.17, 15) is 4.79 Å². The van der Waals surface area contributed by atoms with Crippen molar-refractivity contribution in [2.24, 2.45) is 17.6 Å². The average Bonchev–Trinajstić information content (AvgIpc) is 3.04. The highest BCUT2D eigenvalue weighted by molar-refractivity contribution is 5.87. The average molecular weight is 416 g/mol. The first-order valence-electron chi connectivity index (χ1n) is 9.02. The number of anilines is 1. The molecule has 27 heavy (non-hydrogen) atoms. The highest BCUT2D eigenvalue weighted by Gasteiger charge is 2.39. The van der Waals surface area contributed by atoms with Crippen LogP contribution in [0.25, 0.3) is 11.2 Å². The van der Waals surface area contributed by atoms with E-state index in [1.165, 1.54) is 25.6 Å². The lowest BCUT2D eigenvalue weighted by Gasteiger charge is -2.45. The minimum absolute atomic E-state index is 0. The predicted octanol–water partition coefficient (Wildman–Crippen LogP) is 1.65. The van der Waals surface area contributed by atoms with Gasteiger partial charge in [0.2, 0.25) is 5.91 Å². The minimum atomic E-state index is 0. The highest BCUT2D eigenvalue weighted by Crippen LogP contribution is 2.39. The van der Waals surface area contributed by atoms with Gasteiger partial charge in [-0.15, -0.1) is 24.8 Å². The summed E-state index contributed by atoms with van der Waals surface area (Å²) in [5, 5.41) is 3.28. The summed E-state index contributed by atoms with van der Waals surface area (Å²) in [6.07, 6.45) is 8.71. The summed E-state index contributed by atoms with van der Waals surface area (Å²) in [7, 11) is 1.86. The van der Waals surface area contributed by atoms with E-state index < -0.39 is 0 Å². The first kappa shape index (κ1) is 21.7. The van der Waals surface area contributed by atoms with Gasteiger partial charge in [0.05, 0.1) is 12.9 Å². The van der Waals surface area contributed by atoms with Gasteiger partial charge in [-0.2, -0.15) is 0 Å². The van der Waals surface area contributed by atoms with E-state index in [0.717, 1.165) is 18.4 Å². The van der Waals surface area contributed by atoms with Crippen molar-refractivity contribution >= 4 is 47.7 Å². The van der Waals surface area contributed by atoms with Crippen LogP contribution in [-0.2, 0) is 4.79 Å². The molecule has 2 saturated carbocycles. The van der Waals surface area contributed by atoms with Crippen LogP contribution in [0.3, 0.4) is 0 Å². The van der Waals surface area contributed by atoms with Gasteiger partial charge in [0.1, 0.15) is 11.8 Å². The van der Waals surface area contributed by atoms with Gasteiger partial charge in [-0.3, -0.25) is 4.79 Å². The summed E-state index contributed by atoms with van der Waals surface area (Å²) in [6.45, 7) is 0.257. The predicted molar refractivity (Wildman–Crippen MR) is 109 cm³/mol. The van der Waals surface area contributed by atoms with Gasteiger partial charge in [-0.25, -0.2) is 15.0 Å². The topological polar surface area (TPSA) is 113 Å². The van der Waals surface area contributed by atoms with Crippen molar-refractivity contribution in [1.82, 2.24) is 25.3 Å². The van der Waals surface area contributed by atoms with E-state index >= 15 is 0 Å². The molecule has 0 aromatic carbocycles. The zero-order valence-electron chi connectivity index (χ0n) is 15.3. The number of nitrogens with zero attached hydrogens (tertiary/aromatic N) is 4. The van der Waals surface area contributed by atoms with E-state index in [2.05, 4.69) is 25.3 Å². The second-order valence-electron chi connectivity index (χ2n) is 7.43. The molecule has 4 N–H and O–H groups in total. The fourth-order valence-corrected chi connectivity index (χ4v) is 4.59. The Labute approximate surface area is 170 Å². The lowest BCUT2D eigenvalue weighted by Crippen LogP contribution is -2.55. The van der Waals surface area contributed by atoms with Crippen LogP contribution in [0.2, 0.25) is 0 Å². The third-order valence-electron chi connectivity index (χ3n) is 5.65. The molecule has 2 aromatic heterocycles. The lowest BCUT2D eigenvalue weighted by atomic mass is 9.67. The Balaban J connectivity index is 0.00000131. The molecule has 2 unspecified atom stereocenters. The molecule has 2 aliphatic carbocycles. The molecular formula is C17H27Cl2N7O. The molecule has 1 amide bonds. The third-order valence-corrected chi connectivity index (χ3v) is 5.65.